The molecule has 0 saturated carbocycles. The van der Waals surface area contributed by atoms with Gasteiger partial charge in [-0.3, -0.25) is 0 Å². The number of carbonyl (C=O) groups excluding carboxylic acids is 1. The predicted octanol–water partition coefficient (Wildman–Crippen LogP) is 1.79. The van der Waals surface area contributed by atoms with E-state index in [9.17, 15) is 14.7 Å². The maximum atomic E-state index is 11.6. The Labute approximate surface area is 160 Å². The lowest BCUT2D eigenvalue weighted by molar-refractivity contribution is -0.153. The fourth-order valence-corrected chi connectivity index (χ4v) is 3.65. The quantitative estimate of drug-likeness (QED) is 0.452. The SMILES string of the molecule is COc1c(OC[C@H]2O[C@]2(C)C[C@@H]2C[C@@](C)(O)C(=O)O2)ccc2ccc(=O)oc12. The smallest absolute Gasteiger partial charge is 0.338 e. The highest BCUT2D eigenvalue weighted by Gasteiger charge is 2.56. The number of benzene rings is 1. The van der Waals surface area contributed by atoms with Gasteiger partial charge in [0.05, 0.1) is 12.7 Å². The van der Waals surface area contributed by atoms with Crippen LogP contribution in [0.15, 0.2) is 33.5 Å². The second-order valence-corrected chi connectivity index (χ2v) is 7.71. The molecule has 3 heterocycles. The van der Waals surface area contributed by atoms with Gasteiger partial charge in [-0.25, -0.2) is 9.59 Å². The molecule has 4 rings (SSSR count). The molecule has 2 fully saturated rings. The highest BCUT2D eigenvalue weighted by atomic mass is 16.6. The van der Waals surface area contributed by atoms with E-state index in [1.807, 2.05) is 6.92 Å². The van der Waals surface area contributed by atoms with Crippen molar-refractivity contribution < 1.29 is 33.3 Å². The fraction of sp³-hybridized carbons (Fsp3) is 0.500. The van der Waals surface area contributed by atoms with Crippen molar-refractivity contribution in [1.29, 1.82) is 0 Å². The van der Waals surface area contributed by atoms with Crippen molar-refractivity contribution in [1.82, 2.24) is 0 Å². The van der Waals surface area contributed by atoms with E-state index < -0.39 is 22.8 Å². The van der Waals surface area contributed by atoms with Crippen LogP contribution in [0.25, 0.3) is 11.0 Å². The van der Waals surface area contributed by atoms with E-state index >= 15 is 0 Å². The summed E-state index contributed by atoms with van der Waals surface area (Å²) >= 11 is 0. The third-order valence-electron chi connectivity index (χ3n) is 5.31. The first kappa shape index (κ1) is 18.8. The Kier molecular flexibility index (Phi) is 4.35. The molecule has 150 valence electrons. The first-order valence-corrected chi connectivity index (χ1v) is 9.07. The van der Waals surface area contributed by atoms with Gasteiger partial charge in [0.15, 0.2) is 16.9 Å². The molecular formula is C20H22O8. The van der Waals surface area contributed by atoms with Gasteiger partial charge in [0.1, 0.15) is 18.8 Å². The fourth-order valence-electron chi connectivity index (χ4n) is 3.65. The molecule has 2 aliphatic rings. The van der Waals surface area contributed by atoms with Crippen molar-refractivity contribution in [2.45, 2.75) is 50.1 Å². The van der Waals surface area contributed by atoms with Crippen molar-refractivity contribution in [3.8, 4) is 11.5 Å². The summed E-state index contributed by atoms with van der Waals surface area (Å²) in [6, 6.07) is 6.53. The van der Waals surface area contributed by atoms with Crippen LogP contribution in [0.3, 0.4) is 0 Å². The van der Waals surface area contributed by atoms with E-state index in [4.69, 9.17) is 23.4 Å². The van der Waals surface area contributed by atoms with Gasteiger partial charge >= 0.3 is 11.6 Å². The van der Waals surface area contributed by atoms with Crippen molar-refractivity contribution in [3.63, 3.8) is 0 Å². The van der Waals surface area contributed by atoms with Crippen molar-refractivity contribution in [2.75, 3.05) is 13.7 Å². The molecule has 1 N–H and O–H groups in total. The average molecular weight is 390 g/mol. The van der Waals surface area contributed by atoms with Gasteiger partial charge in [0.2, 0.25) is 5.75 Å². The topological polar surface area (TPSA) is 108 Å². The normalized spacial score (nSPS) is 31.6. The van der Waals surface area contributed by atoms with Crippen LogP contribution in [0.2, 0.25) is 0 Å². The Balaban J connectivity index is 1.42. The first-order valence-electron chi connectivity index (χ1n) is 9.07. The number of hydrogen-bond acceptors (Lipinski definition) is 8. The van der Waals surface area contributed by atoms with Crippen LogP contribution < -0.4 is 15.1 Å². The van der Waals surface area contributed by atoms with E-state index in [0.717, 1.165) is 5.39 Å². The number of hydrogen-bond donors (Lipinski definition) is 1. The number of ether oxygens (including phenoxy) is 4. The highest BCUT2D eigenvalue weighted by molar-refractivity contribution is 5.85. The van der Waals surface area contributed by atoms with Crippen LogP contribution >= 0.6 is 0 Å². The van der Waals surface area contributed by atoms with E-state index in [1.165, 1.54) is 20.1 Å². The Morgan fingerprint density at radius 1 is 1.21 bits per heavy atom. The minimum Gasteiger partial charge on any atom is -0.490 e. The van der Waals surface area contributed by atoms with Crippen molar-refractivity contribution in [2.24, 2.45) is 0 Å². The largest absolute Gasteiger partial charge is 0.490 e. The molecule has 0 radical (unpaired) electrons. The molecule has 0 spiro atoms. The van der Waals surface area contributed by atoms with E-state index in [2.05, 4.69) is 0 Å². The molecule has 0 bridgehead atoms. The number of carbonyl (C=O) groups is 1. The van der Waals surface area contributed by atoms with Crippen molar-refractivity contribution in [3.05, 3.63) is 34.7 Å². The number of epoxide rings is 1. The second kappa shape index (κ2) is 6.49. The molecule has 8 heteroatoms. The molecule has 0 aliphatic carbocycles. The molecule has 2 saturated heterocycles. The van der Waals surface area contributed by atoms with Crippen LogP contribution in [0.1, 0.15) is 26.7 Å². The summed E-state index contributed by atoms with van der Waals surface area (Å²) in [7, 11) is 1.48. The minimum atomic E-state index is -1.44. The molecular weight excluding hydrogens is 368 g/mol. The van der Waals surface area contributed by atoms with Gasteiger partial charge in [0, 0.05) is 24.3 Å². The second-order valence-electron chi connectivity index (χ2n) is 7.71. The van der Waals surface area contributed by atoms with Gasteiger partial charge in [0.25, 0.3) is 0 Å². The summed E-state index contributed by atoms with van der Waals surface area (Å²) in [5, 5.41) is 10.7. The lowest BCUT2D eigenvalue weighted by Gasteiger charge is -2.14. The van der Waals surface area contributed by atoms with Crippen LogP contribution in [-0.4, -0.2) is 48.2 Å². The number of rotatable bonds is 6. The lowest BCUT2D eigenvalue weighted by Crippen LogP contribution is -2.29. The van der Waals surface area contributed by atoms with Crippen LogP contribution in [-0.2, 0) is 14.3 Å². The lowest BCUT2D eigenvalue weighted by atomic mass is 9.94. The summed E-state index contributed by atoms with van der Waals surface area (Å²) in [6.45, 7) is 3.63. The summed E-state index contributed by atoms with van der Waals surface area (Å²) in [5.41, 5.74) is -2.08. The van der Waals surface area contributed by atoms with Crippen LogP contribution in [0, 0.1) is 0 Å². The van der Waals surface area contributed by atoms with Crippen molar-refractivity contribution >= 4 is 16.9 Å². The maximum absolute atomic E-state index is 11.6. The molecule has 8 nitrogen and oxygen atoms in total. The van der Waals surface area contributed by atoms with Gasteiger partial charge in [-0.15, -0.1) is 0 Å². The van der Waals surface area contributed by atoms with E-state index in [-0.39, 0.29) is 25.2 Å². The van der Waals surface area contributed by atoms with Gasteiger partial charge < -0.3 is 28.5 Å². The molecule has 1 aromatic carbocycles. The predicted molar refractivity (Wildman–Crippen MR) is 97.5 cm³/mol. The Morgan fingerprint density at radius 2 is 1.96 bits per heavy atom. The number of cyclic esters (lactones) is 1. The molecule has 1 aromatic heterocycles. The first-order chi connectivity index (χ1) is 13.2. The molecule has 2 aliphatic heterocycles. The zero-order valence-corrected chi connectivity index (χ0v) is 15.9. The zero-order valence-electron chi connectivity index (χ0n) is 15.9. The third-order valence-corrected chi connectivity index (χ3v) is 5.31. The minimum absolute atomic E-state index is 0.195. The van der Waals surface area contributed by atoms with Gasteiger partial charge in [-0.05, 0) is 32.0 Å². The molecule has 4 atom stereocenters. The van der Waals surface area contributed by atoms with E-state index in [0.29, 0.717) is 23.5 Å². The monoisotopic (exact) mass is 390 g/mol. The summed E-state index contributed by atoms with van der Waals surface area (Å²) < 4.78 is 27.5. The Hall–Kier alpha value is -2.58. The number of esters is 1. The summed E-state index contributed by atoms with van der Waals surface area (Å²) in [4.78, 5) is 23.1. The average Bonchev–Trinajstić information content (AvgIpc) is 3.19. The van der Waals surface area contributed by atoms with Crippen LogP contribution in [0.5, 0.6) is 11.5 Å². The summed E-state index contributed by atoms with van der Waals surface area (Å²) in [5.74, 6) is 0.188. The maximum Gasteiger partial charge on any atom is 0.338 e. The third kappa shape index (κ3) is 3.33. The standard InChI is InChI=1S/C20H22O8/c1-19(23)8-12(26-18(19)22)9-20(2)14(28-20)10-25-13-6-4-11-5-7-15(21)27-16(11)17(13)24-3/h4-7,12,14,23H,8-10H2,1-3H3/t12-,14+,19+,20+/m0/s1. The van der Waals surface area contributed by atoms with Gasteiger partial charge in [-0.2, -0.15) is 0 Å². The van der Waals surface area contributed by atoms with Crippen LogP contribution in [0.4, 0.5) is 0 Å². The molecule has 2 aromatic rings. The van der Waals surface area contributed by atoms with Gasteiger partial charge in [-0.1, -0.05) is 0 Å². The number of fused-ring (bicyclic) bond motifs is 1. The number of methoxy groups -OCH3 is 1. The highest BCUT2D eigenvalue weighted by Crippen LogP contribution is 2.44. The molecule has 0 amide bonds. The summed E-state index contributed by atoms with van der Waals surface area (Å²) in [6.07, 6.45) is 0.143. The number of aliphatic hydroxyl groups is 1. The molecule has 28 heavy (non-hydrogen) atoms. The molecule has 0 unspecified atom stereocenters. The Bertz CT molecular complexity index is 978. The van der Waals surface area contributed by atoms with E-state index in [1.54, 1.807) is 18.2 Å². The zero-order chi connectivity index (χ0) is 20.1. The Morgan fingerprint density at radius 3 is 2.64 bits per heavy atom.